The van der Waals surface area contributed by atoms with Crippen LogP contribution in [-0.4, -0.2) is 62.8 Å². The van der Waals surface area contributed by atoms with Crippen molar-refractivity contribution >= 4 is 0 Å². The first-order chi connectivity index (χ1) is 21.3. The van der Waals surface area contributed by atoms with Gasteiger partial charge in [-0.05, 0) is 150 Å². The summed E-state index contributed by atoms with van der Waals surface area (Å²) in [4.78, 5) is 0. The fraction of sp³-hybridized carbons (Fsp3) is 1.00. The van der Waals surface area contributed by atoms with Crippen molar-refractivity contribution in [3.05, 3.63) is 0 Å². The summed E-state index contributed by atoms with van der Waals surface area (Å²) in [6.45, 7) is 15.1. The van der Waals surface area contributed by atoms with Gasteiger partial charge in [-0.3, -0.25) is 0 Å². The van der Waals surface area contributed by atoms with Gasteiger partial charge in [0, 0.05) is 13.2 Å². The first-order valence-electron chi connectivity index (χ1n) is 19.3. The van der Waals surface area contributed by atoms with Crippen LogP contribution in [-0.2, 0) is 9.47 Å². The molecule has 4 fully saturated rings. The molecule has 0 saturated heterocycles. The lowest BCUT2D eigenvalue weighted by molar-refractivity contribution is -0.218. The molecule has 6 nitrogen and oxygen atoms in total. The minimum Gasteiger partial charge on any atom is -0.393 e. The number of rotatable bonds is 20. The van der Waals surface area contributed by atoms with Gasteiger partial charge < -0.3 is 31.4 Å². The molecule has 6 heteroatoms. The molecule has 4 saturated carbocycles. The Morgan fingerprint density at radius 3 is 2.27 bits per heavy atom. The Labute approximate surface area is 271 Å². The van der Waals surface area contributed by atoms with Crippen LogP contribution in [0.5, 0.6) is 0 Å². The average Bonchev–Trinajstić information content (AvgIpc) is 3.37. The molecule has 0 aromatic heterocycles. The lowest BCUT2D eigenvalue weighted by atomic mass is 9.43. The zero-order valence-electron chi connectivity index (χ0n) is 29.4. The summed E-state index contributed by atoms with van der Waals surface area (Å²) >= 11 is 0. The standard InChI is InChI=1S/C38H73N3O3/c1-5-6-7-8-9-10-21-41-22-11-14-28(2)31-15-16-32-36-33(27-35(42)38(31,32)4)37(3)18-17-30(43-23-12-19-39)25-29(37)26-34(36)44-24-13-20-40/h28-36,41-42H,5-27,39-40H2,1-4H3/t28-,29?,30-,31-,32+,33+,34-,35+,36?,37?,38?/m1/s1. The number of aliphatic hydroxyl groups is 1. The molecule has 0 bridgehead atoms. The maximum absolute atomic E-state index is 12.1. The molecule has 0 spiro atoms. The molecular weight excluding hydrogens is 546 g/mol. The Morgan fingerprint density at radius 1 is 0.818 bits per heavy atom. The highest BCUT2D eigenvalue weighted by Gasteiger charge is 2.66. The van der Waals surface area contributed by atoms with Crippen molar-refractivity contribution in [3.8, 4) is 0 Å². The third-order valence-electron chi connectivity index (χ3n) is 13.6. The van der Waals surface area contributed by atoms with Gasteiger partial charge in [-0.1, -0.05) is 59.8 Å². The van der Waals surface area contributed by atoms with Crippen molar-refractivity contribution in [2.75, 3.05) is 39.4 Å². The minimum atomic E-state index is -0.215. The van der Waals surface area contributed by atoms with E-state index in [0.717, 1.165) is 64.8 Å². The topological polar surface area (TPSA) is 103 Å². The van der Waals surface area contributed by atoms with Crippen molar-refractivity contribution < 1.29 is 14.6 Å². The van der Waals surface area contributed by atoms with Crippen molar-refractivity contribution in [2.45, 2.75) is 155 Å². The molecule has 4 rings (SSSR count). The lowest BCUT2D eigenvalue weighted by Gasteiger charge is -2.64. The highest BCUT2D eigenvalue weighted by Crippen LogP contribution is 2.68. The number of hydrogen-bond acceptors (Lipinski definition) is 6. The second-order valence-corrected chi connectivity index (χ2v) is 16.1. The van der Waals surface area contributed by atoms with E-state index in [-0.39, 0.29) is 23.0 Å². The first kappa shape index (κ1) is 36.6. The zero-order valence-corrected chi connectivity index (χ0v) is 29.4. The van der Waals surface area contributed by atoms with Gasteiger partial charge in [-0.25, -0.2) is 0 Å². The molecule has 11 atom stereocenters. The quantitative estimate of drug-likeness (QED) is 0.109. The van der Waals surface area contributed by atoms with E-state index in [1.54, 1.807) is 0 Å². The van der Waals surface area contributed by atoms with E-state index < -0.39 is 0 Å². The van der Waals surface area contributed by atoms with Crippen LogP contribution in [0, 0.1) is 46.3 Å². The minimum absolute atomic E-state index is 0.00624. The fourth-order valence-electron chi connectivity index (χ4n) is 11.0. The summed E-state index contributed by atoms with van der Waals surface area (Å²) < 4.78 is 13.1. The number of hydrogen-bond donors (Lipinski definition) is 4. The molecule has 44 heavy (non-hydrogen) atoms. The maximum atomic E-state index is 12.1. The van der Waals surface area contributed by atoms with E-state index in [1.807, 2.05) is 0 Å². The molecule has 0 radical (unpaired) electrons. The molecule has 0 aromatic rings. The number of nitrogens with one attached hydrogen (secondary N) is 1. The molecule has 6 N–H and O–H groups in total. The lowest BCUT2D eigenvalue weighted by Crippen LogP contribution is -2.62. The predicted octanol–water partition coefficient (Wildman–Crippen LogP) is 7.06. The van der Waals surface area contributed by atoms with Crippen molar-refractivity contribution in [1.82, 2.24) is 5.32 Å². The molecule has 0 amide bonds. The van der Waals surface area contributed by atoms with Gasteiger partial charge in [0.2, 0.25) is 0 Å². The molecular formula is C38H73N3O3. The van der Waals surface area contributed by atoms with Crippen LogP contribution in [0.3, 0.4) is 0 Å². The Balaban J connectivity index is 1.38. The van der Waals surface area contributed by atoms with Crippen LogP contribution in [0.1, 0.15) is 137 Å². The van der Waals surface area contributed by atoms with Gasteiger partial charge in [0.1, 0.15) is 0 Å². The number of fused-ring (bicyclic) bond motifs is 5. The third kappa shape index (κ3) is 8.42. The molecule has 4 unspecified atom stereocenters. The normalized spacial score (nSPS) is 39.1. The molecule has 4 aliphatic rings. The zero-order chi connectivity index (χ0) is 31.6. The Kier molecular flexibility index (Phi) is 14.8. The largest absolute Gasteiger partial charge is 0.393 e. The second-order valence-electron chi connectivity index (χ2n) is 16.1. The van der Waals surface area contributed by atoms with Crippen LogP contribution in [0.4, 0.5) is 0 Å². The third-order valence-corrected chi connectivity index (χ3v) is 13.6. The molecule has 258 valence electrons. The van der Waals surface area contributed by atoms with Gasteiger partial charge in [0.05, 0.1) is 18.3 Å². The summed E-state index contributed by atoms with van der Waals surface area (Å²) in [6, 6.07) is 0. The number of unbranched alkanes of at least 4 members (excludes halogenated alkanes) is 5. The van der Waals surface area contributed by atoms with E-state index in [1.165, 1.54) is 70.6 Å². The number of aliphatic hydroxyl groups excluding tert-OH is 1. The first-order valence-corrected chi connectivity index (χ1v) is 19.3. The predicted molar refractivity (Wildman–Crippen MR) is 183 cm³/mol. The van der Waals surface area contributed by atoms with E-state index in [4.69, 9.17) is 20.9 Å². The molecule has 4 aliphatic carbocycles. The molecule has 0 aliphatic heterocycles. The monoisotopic (exact) mass is 620 g/mol. The summed E-state index contributed by atoms with van der Waals surface area (Å²) in [5, 5.41) is 15.9. The van der Waals surface area contributed by atoms with Gasteiger partial charge in [0.15, 0.2) is 0 Å². The fourth-order valence-corrected chi connectivity index (χ4v) is 11.0. The van der Waals surface area contributed by atoms with E-state index in [2.05, 4.69) is 33.0 Å². The van der Waals surface area contributed by atoms with E-state index in [0.29, 0.717) is 54.7 Å². The van der Waals surface area contributed by atoms with Gasteiger partial charge in [-0.2, -0.15) is 0 Å². The second kappa shape index (κ2) is 17.8. The average molecular weight is 620 g/mol. The van der Waals surface area contributed by atoms with Crippen LogP contribution >= 0.6 is 0 Å². The molecule has 0 aromatic carbocycles. The smallest absolute Gasteiger partial charge is 0.0611 e. The van der Waals surface area contributed by atoms with Crippen molar-refractivity contribution in [3.63, 3.8) is 0 Å². The van der Waals surface area contributed by atoms with E-state index in [9.17, 15) is 5.11 Å². The van der Waals surface area contributed by atoms with Crippen molar-refractivity contribution in [1.29, 1.82) is 0 Å². The Bertz CT molecular complexity index is 814. The highest BCUT2D eigenvalue weighted by atomic mass is 16.5. The van der Waals surface area contributed by atoms with Crippen LogP contribution in [0.15, 0.2) is 0 Å². The van der Waals surface area contributed by atoms with Crippen LogP contribution < -0.4 is 16.8 Å². The molecule has 0 heterocycles. The van der Waals surface area contributed by atoms with Crippen LogP contribution in [0.25, 0.3) is 0 Å². The SMILES string of the molecule is CCCCCCCCNCCC[C@@H](C)[C@H]1CC[C@H]2C3[C@H](OCCCN)CC4C[C@H](OCCCN)CCC4(C)[C@H]3C[C@H](O)C12C. The highest BCUT2D eigenvalue weighted by molar-refractivity contribution is 5.14. The van der Waals surface area contributed by atoms with E-state index >= 15 is 0 Å². The van der Waals surface area contributed by atoms with Crippen molar-refractivity contribution in [2.24, 2.45) is 57.8 Å². The maximum Gasteiger partial charge on any atom is 0.0611 e. The Morgan fingerprint density at radius 2 is 1.52 bits per heavy atom. The Hall–Kier alpha value is -0.240. The van der Waals surface area contributed by atoms with Gasteiger partial charge >= 0.3 is 0 Å². The van der Waals surface area contributed by atoms with Gasteiger partial charge in [-0.15, -0.1) is 0 Å². The van der Waals surface area contributed by atoms with Gasteiger partial charge in [0.25, 0.3) is 0 Å². The summed E-state index contributed by atoms with van der Waals surface area (Å²) in [6.07, 6.45) is 21.1. The summed E-state index contributed by atoms with van der Waals surface area (Å²) in [7, 11) is 0. The summed E-state index contributed by atoms with van der Waals surface area (Å²) in [5.41, 5.74) is 11.9. The number of nitrogens with two attached hydrogens (primary N) is 2. The van der Waals surface area contributed by atoms with Crippen LogP contribution in [0.2, 0.25) is 0 Å². The number of ether oxygens (including phenoxy) is 2. The summed E-state index contributed by atoms with van der Waals surface area (Å²) in [5.74, 6) is 3.48.